The van der Waals surface area contributed by atoms with Crippen LogP contribution in [-0.2, 0) is 6.42 Å². The number of hydrogen-bond acceptors (Lipinski definition) is 1. The molecule has 0 spiro atoms. The fourth-order valence-electron chi connectivity index (χ4n) is 2.69. The van der Waals surface area contributed by atoms with Gasteiger partial charge in [-0.2, -0.15) is 0 Å². The fraction of sp³-hybridized carbons (Fsp3) is 0.143. The number of allylic oxidation sites excluding steroid dienone is 2. The van der Waals surface area contributed by atoms with E-state index in [2.05, 4.69) is 85.0 Å². The van der Waals surface area contributed by atoms with E-state index in [0.717, 1.165) is 18.5 Å². The van der Waals surface area contributed by atoms with E-state index in [4.69, 9.17) is 0 Å². The Balaban J connectivity index is 1.81. The van der Waals surface area contributed by atoms with Crippen molar-refractivity contribution in [3.8, 4) is 0 Å². The Kier molecular flexibility index (Phi) is 4.55. The molecule has 0 unspecified atom stereocenters. The van der Waals surface area contributed by atoms with Crippen LogP contribution >= 0.6 is 0 Å². The van der Waals surface area contributed by atoms with Crippen molar-refractivity contribution in [3.05, 3.63) is 90.1 Å². The molecule has 110 valence electrons. The normalized spacial score (nSPS) is 11.6. The highest BCUT2D eigenvalue weighted by Crippen LogP contribution is 2.19. The third kappa shape index (κ3) is 3.56. The topological polar surface area (TPSA) is 12.0 Å². The summed E-state index contributed by atoms with van der Waals surface area (Å²) >= 11 is 0. The van der Waals surface area contributed by atoms with E-state index in [1.54, 1.807) is 0 Å². The zero-order chi connectivity index (χ0) is 15.2. The van der Waals surface area contributed by atoms with Gasteiger partial charge < -0.3 is 5.32 Å². The Morgan fingerprint density at radius 2 is 1.59 bits per heavy atom. The van der Waals surface area contributed by atoms with Gasteiger partial charge >= 0.3 is 0 Å². The highest BCUT2D eigenvalue weighted by Gasteiger charge is 2.02. The molecule has 0 aromatic heterocycles. The number of fused-ring (bicyclic) bond motifs is 1. The smallest absolute Gasteiger partial charge is 0.0381 e. The van der Waals surface area contributed by atoms with Crippen LogP contribution in [0.5, 0.6) is 0 Å². The molecular weight excluding hydrogens is 266 g/mol. The minimum absolute atomic E-state index is 0.924. The summed E-state index contributed by atoms with van der Waals surface area (Å²) < 4.78 is 0. The van der Waals surface area contributed by atoms with E-state index in [1.165, 1.54) is 22.0 Å². The van der Waals surface area contributed by atoms with Crippen LogP contribution in [0, 0.1) is 0 Å². The summed E-state index contributed by atoms with van der Waals surface area (Å²) in [5.74, 6) is 0. The second kappa shape index (κ2) is 6.95. The summed E-state index contributed by atoms with van der Waals surface area (Å²) in [6, 6.07) is 25.6. The molecule has 3 aromatic carbocycles. The van der Waals surface area contributed by atoms with Crippen molar-refractivity contribution in [1.82, 2.24) is 0 Å². The van der Waals surface area contributed by atoms with Gasteiger partial charge in [0.25, 0.3) is 0 Å². The number of para-hydroxylation sites is 1. The Bertz CT molecular complexity index is 772. The molecule has 0 fully saturated rings. The predicted octanol–water partition coefficient (Wildman–Crippen LogP) is 5.79. The lowest BCUT2D eigenvalue weighted by Gasteiger charge is -2.12. The quantitative estimate of drug-likeness (QED) is 0.626. The number of rotatable bonds is 5. The van der Waals surface area contributed by atoms with Gasteiger partial charge in [-0.15, -0.1) is 0 Å². The minimum atomic E-state index is 0.924. The van der Waals surface area contributed by atoms with Gasteiger partial charge in [-0.25, -0.2) is 0 Å². The van der Waals surface area contributed by atoms with Crippen LogP contribution < -0.4 is 5.32 Å². The molecule has 1 heteroatoms. The third-order valence-electron chi connectivity index (χ3n) is 3.74. The number of nitrogens with one attached hydrogen (secondary N) is 1. The lowest BCUT2D eigenvalue weighted by atomic mass is 10.0. The van der Waals surface area contributed by atoms with Gasteiger partial charge in [-0.3, -0.25) is 0 Å². The first-order valence-corrected chi connectivity index (χ1v) is 7.84. The van der Waals surface area contributed by atoms with Crippen molar-refractivity contribution in [1.29, 1.82) is 0 Å². The fourth-order valence-corrected chi connectivity index (χ4v) is 2.69. The maximum absolute atomic E-state index is 3.54. The second-order valence-electron chi connectivity index (χ2n) is 5.49. The molecular formula is C21H21N. The minimum Gasteiger partial charge on any atom is -0.359 e. The molecule has 1 N–H and O–H groups in total. The zero-order valence-corrected chi connectivity index (χ0v) is 12.9. The predicted molar refractivity (Wildman–Crippen MR) is 96.1 cm³/mol. The molecule has 0 saturated carbocycles. The van der Waals surface area contributed by atoms with Gasteiger partial charge in [0.05, 0.1) is 0 Å². The molecule has 0 aliphatic rings. The zero-order valence-electron chi connectivity index (χ0n) is 12.9. The van der Waals surface area contributed by atoms with Crippen LogP contribution in [0.4, 0.5) is 5.69 Å². The molecule has 22 heavy (non-hydrogen) atoms. The van der Waals surface area contributed by atoms with Gasteiger partial charge in [0, 0.05) is 17.8 Å². The van der Waals surface area contributed by atoms with E-state index in [-0.39, 0.29) is 0 Å². The van der Waals surface area contributed by atoms with E-state index in [1.807, 2.05) is 6.07 Å². The average molecular weight is 287 g/mol. The molecule has 1 nitrogen and oxygen atoms in total. The molecule has 0 atom stereocenters. The Morgan fingerprint density at radius 3 is 2.36 bits per heavy atom. The lowest BCUT2D eigenvalue weighted by Crippen LogP contribution is -2.03. The van der Waals surface area contributed by atoms with Crippen LogP contribution in [-0.4, -0.2) is 0 Å². The van der Waals surface area contributed by atoms with Crippen molar-refractivity contribution in [2.24, 2.45) is 0 Å². The largest absolute Gasteiger partial charge is 0.359 e. The van der Waals surface area contributed by atoms with Gasteiger partial charge in [0.2, 0.25) is 0 Å². The van der Waals surface area contributed by atoms with Crippen LogP contribution in [0.3, 0.4) is 0 Å². The number of benzene rings is 3. The van der Waals surface area contributed by atoms with E-state index in [0.29, 0.717) is 0 Å². The van der Waals surface area contributed by atoms with Crippen molar-refractivity contribution in [2.75, 3.05) is 5.32 Å². The van der Waals surface area contributed by atoms with Crippen molar-refractivity contribution in [2.45, 2.75) is 19.8 Å². The van der Waals surface area contributed by atoms with Crippen molar-refractivity contribution >= 4 is 16.5 Å². The Hall–Kier alpha value is -2.54. The van der Waals surface area contributed by atoms with Crippen molar-refractivity contribution < 1.29 is 0 Å². The second-order valence-corrected chi connectivity index (χ2v) is 5.49. The van der Waals surface area contributed by atoms with Crippen LogP contribution in [0.1, 0.15) is 18.9 Å². The molecule has 3 rings (SSSR count). The summed E-state index contributed by atoms with van der Waals surface area (Å²) in [5, 5.41) is 6.13. The van der Waals surface area contributed by atoms with Crippen molar-refractivity contribution in [3.63, 3.8) is 0 Å². The highest BCUT2D eigenvalue weighted by molar-refractivity contribution is 5.83. The Labute approximate surface area is 132 Å². The molecule has 0 heterocycles. The Morgan fingerprint density at radius 1 is 0.864 bits per heavy atom. The van der Waals surface area contributed by atoms with E-state index >= 15 is 0 Å². The number of hydrogen-bond donors (Lipinski definition) is 1. The number of anilines is 1. The van der Waals surface area contributed by atoms with Gasteiger partial charge in [-0.05, 0) is 34.9 Å². The average Bonchev–Trinajstić information content (AvgIpc) is 2.56. The molecule has 0 amide bonds. The monoisotopic (exact) mass is 287 g/mol. The van der Waals surface area contributed by atoms with E-state index < -0.39 is 0 Å². The first-order chi connectivity index (χ1) is 10.8. The first kappa shape index (κ1) is 14.4. The highest BCUT2D eigenvalue weighted by atomic mass is 14.9. The molecule has 0 radical (unpaired) electrons. The standard InChI is InChI=1S/C21H21N/c1-2-8-21(22-20-11-4-3-5-12-20)16-17-13-14-18-9-6-7-10-19(18)15-17/h3-15,22H,2,16H2,1H3. The summed E-state index contributed by atoms with van der Waals surface area (Å²) in [4.78, 5) is 0. The van der Waals surface area contributed by atoms with E-state index in [9.17, 15) is 0 Å². The van der Waals surface area contributed by atoms with Crippen LogP contribution in [0.25, 0.3) is 10.8 Å². The van der Waals surface area contributed by atoms with Gasteiger partial charge in [-0.1, -0.05) is 73.7 Å². The molecule has 0 saturated heterocycles. The molecule has 0 aliphatic carbocycles. The molecule has 0 bridgehead atoms. The van der Waals surface area contributed by atoms with Crippen LogP contribution in [0.15, 0.2) is 84.6 Å². The summed E-state index contributed by atoms with van der Waals surface area (Å²) in [5.41, 5.74) is 3.73. The molecule has 0 aliphatic heterocycles. The summed E-state index contributed by atoms with van der Waals surface area (Å²) in [6.45, 7) is 2.17. The maximum Gasteiger partial charge on any atom is 0.0381 e. The van der Waals surface area contributed by atoms with Crippen LogP contribution in [0.2, 0.25) is 0 Å². The summed E-state index contributed by atoms with van der Waals surface area (Å²) in [6.07, 6.45) is 4.22. The maximum atomic E-state index is 3.54. The first-order valence-electron chi connectivity index (χ1n) is 7.84. The third-order valence-corrected chi connectivity index (χ3v) is 3.74. The summed E-state index contributed by atoms with van der Waals surface area (Å²) in [7, 11) is 0. The van der Waals surface area contributed by atoms with Gasteiger partial charge in [0.15, 0.2) is 0 Å². The lowest BCUT2D eigenvalue weighted by molar-refractivity contribution is 1.10. The SMILES string of the molecule is CCC=C(Cc1ccc2ccccc2c1)Nc1ccccc1. The van der Waals surface area contributed by atoms with Gasteiger partial charge in [0.1, 0.15) is 0 Å². The molecule has 3 aromatic rings.